The zero-order chi connectivity index (χ0) is 9.10. The van der Waals surface area contributed by atoms with Crippen LogP contribution in [0.4, 0.5) is 4.39 Å². The van der Waals surface area contributed by atoms with Gasteiger partial charge >= 0.3 is 0 Å². The highest BCUT2D eigenvalue weighted by atomic mass is 19.1. The molecule has 1 aliphatic rings. The van der Waals surface area contributed by atoms with Crippen LogP contribution >= 0.6 is 0 Å². The van der Waals surface area contributed by atoms with Crippen LogP contribution in [0.1, 0.15) is 24.5 Å². The summed E-state index contributed by atoms with van der Waals surface area (Å²) in [6, 6.07) is 2.87. The molecule has 2 rings (SSSR count). The van der Waals surface area contributed by atoms with Crippen molar-refractivity contribution in [3.8, 4) is 0 Å². The molecule has 0 bridgehead atoms. The summed E-state index contributed by atoms with van der Waals surface area (Å²) < 4.78 is 18.2. The SMILES string of the molecule is Fc1ccnc(C2CCCOC2)c1. The largest absolute Gasteiger partial charge is 0.381 e. The van der Waals surface area contributed by atoms with Gasteiger partial charge in [-0.15, -0.1) is 0 Å². The summed E-state index contributed by atoms with van der Waals surface area (Å²) in [7, 11) is 0. The molecular weight excluding hydrogens is 169 g/mol. The lowest BCUT2D eigenvalue weighted by atomic mass is 9.98. The van der Waals surface area contributed by atoms with Gasteiger partial charge < -0.3 is 4.74 Å². The Morgan fingerprint density at radius 2 is 2.46 bits per heavy atom. The lowest BCUT2D eigenvalue weighted by Crippen LogP contribution is -2.16. The zero-order valence-electron chi connectivity index (χ0n) is 7.37. The van der Waals surface area contributed by atoms with Crippen molar-refractivity contribution in [2.45, 2.75) is 18.8 Å². The molecule has 1 aliphatic heterocycles. The number of halogens is 1. The van der Waals surface area contributed by atoms with Gasteiger partial charge in [0, 0.05) is 24.4 Å². The van der Waals surface area contributed by atoms with Crippen molar-refractivity contribution >= 4 is 0 Å². The third-order valence-electron chi connectivity index (χ3n) is 2.32. The highest BCUT2D eigenvalue weighted by molar-refractivity contribution is 5.11. The van der Waals surface area contributed by atoms with Crippen molar-refractivity contribution in [3.05, 3.63) is 29.8 Å². The number of hydrogen-bond donors (Lipinski definition) is 0. The normalized spacial score (nSPS) is 23.0. The molecule has 1 atom stereocenters. The van der Waals surface area contributed by atoms with E-state index in [9.17, 15) is 4.39 Å². The fraction of sp³-hybridized carbons (Fsp3) is 0.500. The fourth-order valence-electron chi connectivity index (χ4n) is 1.62. The third-order valence-corrected chi connectivity index (χ3v) is 2.32. The van der Waals surface area contributed by atoms with Gasteiger partial charge in [-0.3, -0.25) is 4.98 Å². The molecule has 1 unspecified atom stereocenters. The van der Waals surface area contributed by atoms with Gasteiger partial charge in [0.15, 0.2) is 0 Å². The Balaban J connectivity index is 2.14. The predicted molar refractivity (Wildman–Crippen MR) is 47.0 cm³/mol. The van der Waals surface area contributed by atoms with E-state index in [0.29, 0.717) is 6.61 Å². The molecule has 0 spiro atoms. The maximum absolute atomic E-state index is 12.8. The summed E-state index contributed by atoms with van der Waals surface area (Å²) in [5.74, 6) is 0.0695. The van der Waals surface area contributed by atoms with E-state index in [2.05, 4.69) is 4.98 Å². The number of nitrogens with zero attached hydrogens (tertiary/aromatic N) is 1. The number of hydrogen-bond acceptors (Lipinski definition) is 2. The van der Waals surface area contributed by atoms with Crippen LogP contribution in [0, 0.1) is 5.82 Å². The number of aromatic nitrogens is 1. The van der Waals surface area contributed by atoms with Gasteiger partial charge in [-0.05, 0) is 25.0 Å². The van der Waals surface area contributed by atoms with Crippen LogP contribution in [0.2, 0.25) is 0 Å². The van der Waals surface area contributed by atoms with E-state index in [1.165, 1.54) is 18.3 Å². The highest BCUT2D eigenvalue weighted by Crippen LogP contribution is 2.23. The highest BCUT2D eigenvalue weighted by Gasteiger charge is 2.17. The van der Waals surface area contributed by atoms with Gasteiger partial charge in [0.05, 0.1) is 6.61 Å². The maximum Gasteiger partial charge on any atom is 0.126 e. The Bertz CT molecular complexity index is 284. The van der Waals surface area contributed by atoms with Gasteiger partial charge in [-0.25, -0.2) is 4.39 Å². The molecule has 0 amide bonds. The average Bonchev–Trinajstić information content (AvgIpc) is 2.19. The van der Waals surface area contributed by atoms with Crippen LogP contribution in [0.15, 0.2) is 18.3 Å². The van der Waals surface area contributed by atoms with E-state index < -0.39 is 0 Å². The van der Waals surface area contributed by atoms with Gasteiger partial charge in [-0.1, -0.05) is 0 Å². The Morgan fingerprint density at radius 1 is 1.54 bits per heavy atom. The van der Waals surface area contributed by atoms with Gasteiger partial charge in [0.25, 0.3) is 0 Å². The summed E-state index contributed by atoms with van der Waals surface area (Å²) in [6.45, 7) is 1.50. The fourth-order valence-corrected chi connectivity index (χ4v) is 1.62. The van der Waals surface area contributed by atoms with Crippen LogP contribution < -0.4 is 0 Å². The van der Waals surface area contributed by atoms with E-state index in [1.54, 1.807) is 0 Å². The third kappa shape index (κ3) is 2.04. The number of pyridine rings is 1. The molecule has 1 saturated heterocycles. The molecule has 0 aliphatic carbocycles. The Labute approximate surface area is 76.7 Å². The van der Waals surface area contributed by atoms with E-state index in [1.807, 2.05) is 0 Å². The monoisotopic (exact) mass is 181 g/mol. The molecule has 1 fully saturated rings. The second-order valence-electron chi connectivity index (χ2n) is 3.31. The average molecular weight is 181 g/mol. The Morgan fingerprint density at radius 3 is 3.15 bits per heavy atom. The first-order chi connectivity index (χ1) is 6.36. The van der Waals surface area contributed by atoms with Crippen LogP contribution in [0.25, 0.3) is 0 Å². The summed E-state index contributed by atoms with van der Waals surface area (Å²) in [5.41, 5.74) is 0.819. The molecular formula is C10H12FNO. The molecule has 2 nitrogen and oxygen atoms in total. The van der Waals surface area contributed by atoms with E-state index >= 15 is 0 Å². The predicted octanol–water partition coefficient (Wildman–Crippen LogP) is 2.11. The minimum Gasteiger partial charge on any atom is -0.381 e. The van der Waals surface area contributed by atoms with Crippen LogP contribution in [0.3, 0.4) is 0 Å². The molecule has 0 radical (unpaired) electrons. The quantitative estimate of drug-likeness (QED) is 0.662. The molecule has 3 heteroatoms. The molecule has 70 valence electrons. The first-order valence-electron chi connectivity index (χ1n) is 4.55. The molecule has 0 aromatic carbocycles. The Kier molecular flexibility index (Phi) is 2.54. The van der Waals surface area contributed by atoms with E-state index in [4.69, 9.17) is 4.74 Å². The van der Waals surface area contributed by atoms with Crippen molar-refractivity contribution in [3.63, 3.8) is 0 Å². The van der Waals surface area contributed by atoms with Crippen molar-refractivity contribution in [2.75, 3.05) is 13.2 Å². The smallest absolute Gasteiger partial charge is 0.126 e. The van der Waals surface area contributed by atoms with E-state index in [0.717, 1.165) is 25.1 Å². The first kappa shape index (κ1) is 8.63. The van der Waals surface area contributed by atoms with Crippen molar-refractivity contribution in [1.82, 2.24) is 4.98 Å². The molecule has 0 saturated carbocycles. The first-order valence-corrected chi connectivity index (χ1v) is 4.55. The molecule has 1 aromatic heterocycles. The van der Waals surface area contributed by atoms with Crippen molar-refractivity contribution in [1.29, 1.82) is 0 Å². The van der Waals surface area contributed by atoms with Crippen molar-refractivity contribution < 1.29 is 9.13 Å². The lowest BCUT2D eigenvalue weighted by molar-refractivity contribution is 0.0792. The zero-order valence-corrected chi connectivity index (χ0v) is 7.37. The van der Waals surface area contributed by atoms with Crippen molar-refractivity contribution in [2.24, 2.45) is 0 Å². The standard InChI is InChI=1S/C10H12FNO/c11-9-3-4-12-10(6-9)8-2-1-5-13-7-8/h3-4,6,8H,1-2,5,7H2. The minimum atomic E-state index is -0.212. The van der Waals surface area contributed by atoms with Gasteiger partial charge in [0.1, 0.15) is 5.82 Å². The Hall–Kier alpha value is -0.960. The van der Waals surface area contributed by atoms with E-state index in [-0.39, 0.29) is 11.7 Å². The second kappa shape index (κ2) is 3.83. The maximum atomic E-state index is 12.8. The molecule has 0 N–H and O–H groups in total. The topological polar surface area (TPSA) is 22.1 Å². The lowest BCUT2D eigenvalue weighted by Gasteiger charge is -2.21. The van der Waals surface area contributed by atoms with Crippen LogP contribution in [0.5, 0.6) is 0 Å². The number of ether oxygens (including phenoxy) is 1. The van der Waals surface area contributed by atoms with Crippen LogP contribution in [-0.2, 0) is 4.74 Å². The summed E-state index contributed by atoms with van der Waals surface area (Å²) in [6.07, 6.45) is 3.61. The number of rotatable bonds is 1. The summed E-state index contributed by atoms with van der Waals surface area (Å²) >= 11 is 0. The molecule has 13 heavy (non-hydrogen) atoms. The molecule has 1 aromatic rings. The van der Waals surface area contributed by atoms with Crippen LogP contribution in [-0.4, -0.2) is 18.2 Å². The minimum absolute atomic E-state index is 0.212. The molecule has 2 heterocycles. The summed E-state index contributed by atoms with van der Waals surface area (Å²) in [4.78, 5) is 4.14. The van der Waals surface area contributed by atoms with Gasteiger partial charge in [0.2, 0.25) is 0 Å². The summed E-state index contributed by atoms with van der Waals surface area (Å²) in [5, 5.41) is 0. The second-order valence-corrected chi connectivity index (χ2v) is 3.31. The van der Waals surface area contributed by atoms with Gasteiger partial charge in [-0.2, -0.15) is 0 Å².